The Morgan fingerprint density at radius 3 is 2.52 bits per heavy atom. The third-order valence-corrected chi connectivity index (χ3v) is 3.67. The van der Waals surface area contributed by atoms with Crippen molar-refractivity contribution in [3.05, 3.63) is 48.0 Å². The SMILES string of the molecule is CC(C)N(CCCO)C(=O)Cc1ccc2ccccc2c1. The monoisotopic (exact) mass is 285 g/mol. The van der Waals surface area contributed by atoms with Crippen LogP contribution >= 0.6 is 0 Å². The molecule has 112 valence electrons. The van der Waals surface area contributed by atoms with E-state index in [1.165, 1.54) is 5.39 Å². The van der Waals surface area contributed by atoms with E-state index in [0.717, 1.165) is 10.9 Å². The van der Waals surface area contributed by atoms with E-state index in [0.29, 0.717) is 19.4 Å². The van der Waals surface area contributed by atoms with E-state index in [2.05, 4.69) is 24.3 Å². The van der Waals surface area contributed by atoms with Gasteiger partial charge in [-0.2, -0.15) is 0 Å². The molecule has 0 bridgehead atoms. The molecule has 3 nitrogen and oxygen atoms in total. The number of hydrogen-bond acceptors (Lipinski definition) is 2. The summed E-state index contributed by atoms with van der Waals surface area (Å²) >= 11 is 0. The molecule has 0 aliphatic carbocycles. The molecule has 0 aromatic heterocycles. The van der Waals surface area contributed by atoms with E-state index >= 15 is 0 Å². The van der Waals surface area contributed by atoms with Crippen LogP contribution in [0.4, 0.5) is 0 Å². The van der Waals surface area contributed by atoms with Crippen LogP contribution in [0.15, 0.2) is 42.5 Å². The van der Waals surface area contributed by atoms with Gasteiger partial charge < -0.3 is 10.0 Å². The molecule has 0 aliphatic rings. The van der Waals surface area contributed by atoms with Crippen LogP contribution in [0.2, 0.25) is 0 Å². The van der Waals surface area contributed by atoms with E-state index in [4.69, 9.17) is 5.11 Å². The molecule has 0 saturated heterocycles. The van der Waals surface area contributed by atoms with Crippen molar-refractivity contribution in [1.82, 2.24) is 4.90 Å². The van der Waals surface area contributed by atoms with Crippen LogP contribution in [0.3, 0.4) is 0 Å². The van der Waals surface area contributed by atoms with E-state index in [9.17, 15) is 4.79 Å². The highest BCUT2D eigenvalue weighted by Gasteiger charge is 2.16. The minimum atomic E-state index is 0.118. The molecular weight excluding hydrogens is 262 g/mol. The molecule has 3 heteroatoms. The van der Waals surface area contributed by atoms with Crippen molar-refractivity contribution in [3.63, 3.8) is 0 Å². The first kappa shape index (κ1) is 15.5. The molecule has 0 radical (unpaired) electrons. The topological polar surface area (TPSA) is 40.5 Å². The summed E-state index contributed by atoms with van der Waals surface area (Å²) in [5.41, 5.74) is 1.04. The molecule has 1 amide bonds. The molecule has 2 rings (SSSR count). The minimum absolute atomic E-state index is 0.118. The summed E-state index contributed by atoms with van der Waals surface area (Å²) in [6, 6.07) is 14.5. The molecule has 21 heavy (non-hydrogen) atoms. The van der Waals surface area contributed by atoms with Crippen LogP contribution in [-0.4, -0.2) is 35.1 Å². The van der Waals surface area contributed by atoms with Crippen LogP contribution in [0, 0.1) is 0 Å². The number of aliphatic hydroxyl groups excluding tert-OH is 1. The molecule has 2 aromatic carbocycles. The van der Waals surface area contributed by atoms with Crippen LogP contribution in [-0.2, 0) is 11.2 Å². The number of benzene rings is 2. The maximum atomic E-state index is 12.4. The third-order valence-electron chi connectivity index (χ3n) is 3.67. The van der Waals surface area contributed by atoms with Gasteiger partial charge in [0.25, 0.3) is 0 Å². The Morgan fingerprint density at radius 1 is 1.14 bits per heavy atom. The maximum Gasteiger partial charge on any atom is 0.227 e. The van der Waals surface area contributed by atoms with Gasteiger partial charge in [-0.15, -0.1) is 0 Å². The number of carbonyl (C=O) groups excluding carboxylic acids is 1. The van der Waals surface area contributed by atoms with Gasteiger partial charge in [-0.25, -0.2) is 0 Å². The van der Waals surface area contributed by atoms with Gasteiger partial charge in [0.1, 0.15) is 0 Å². The second kappa shape index (κ2) is 7.23. The quantitative estimate of drug-likeness (QED) is 0.886. The number of amides is 1. The van der Waals surface area contributed by atoms with Gasteiger partial charge in [0.15, 0.2) is 0 Å². The first-order valence-electron chi connectivity index (χ1n) is 7.50. The van der Waals surface area contributed by atoms with Gasteiger partial charge in [0.05, 0.1) is 6.42 Å². The fraction of sp³-hybridized carbons (Fsp3) is 0.389. The summed E-state index contributed by atoms with van der Waals surface area (Å²) < 4.78 is 0. The van der Waals surface area contributed by atoms with E-state index in [1.807, 2.05) is 36.9 Å². The number of nitrogens with zero attached hydrogens (tertiary/aromatic N) is 1. The molecule has 0 fully saturated rings. The van der Waals surface area contributed by atoms with Gasteiger partial charge >= 0.3 is 0 Å². The molecule has 1 N–H and O–H groups in total. The first-order chi connectivity index (χ1) is 10.1. The largest absolute Gasteiger partial charge is 0.396 e. The van der Waals surface area contributed by atoms with Crippen molar-refractivity contribution in [2.45, 2.75) is 32.7 Å². The Kier molecular flexibility index (Phi) is 5.34. The Balaban J connectivity index is 2.12. The van der Waals surface area contributed by atoms with Crippen molar-refractivity contribution in [2.24, 2.45) is 0 Å². The second-order valence-electron chi connectivity index (χ2n) is 5.62. The summed E-state index contributed by atoms with van der Waals surface area (Å²) in [5.74, 6) is 0.119. The predicted octanol–water partition coefficient (Wildman–Crippen LogP) is 3.00. The molecule has 0 heterocycles. The number of hydrogen-bond donors (Lipinski definition) is 1. The lowest BCUT2D eigenvalue weighted by molar-refractivity contribution is -0.132. The number of aliphatic hydroxyl groups is 1. The van der Waals surface area contributed by atoms with Gasteiger partial charge in [-0.3, -0.25) is 4.79 Å². The summed E-state index contributed by atoms with van der Waals surface area (Å²) in [6.45, 7) is 4.75. The zero-order valence-corrected chi connectivity index (χ0v) is 12.7. The van der Waals surface area contributed by atoms with Crippen LogP contribution in [0.1, 0.15) is 25.8 Å². The Bertz CT molecular complexity index is 607. The lowest BCUT2D eigenvalue weighted by Gasteiger charge is -2.26. The second-order valence-corrected chi connectivity index (χ2v) is 5.62. The van der Waals surface area contributed by atoms with Gasteiger partial charge in [-0.1, -0.05) is 42.5 Å². The molecule has 0 unspecified atom stereocenters. The fourth-order valence-corrected chi connectivity index (χ4v) is 2.54. The molecule has 0 spiro atoms. The van der Waals surface area contributed by atoms with Crippen molar-refractivity contribution in [2.75, 3.05) is 13.2 Å². The Labute approximate surface area is 126 Å². The van der Waals surface area contributed by atoms with Crippen LogP contribution in [0.25, 0.3) is 10.8 Å². The highest BCUT2D eigenvalue weighted by atomic mass is 16.3. The van der Waals surface area contributed by atoms with Gasteiger partial charge in [0, 0.05) is 19.2 Å². The summed E-state index contributed by atoms with van der Waals surface area (Å²) in [5, 5.41) is 11.3. The molecule has 0 saturated carbocycles. The summed E-state index contributed by atoms with van der Waals surface area (Å²) in [6.07, 6.45) is 1.04. The number of rotatable bonds is 6. The Morgan fingerprint density at radius 2 is 1.86 bits per heavy atom. The Hall–Kier alpha value is -1.87. The fourth-order valence-electron chi connectivity index (χ4n) is 2.54. The maximum absolute atomic E-state index is 12.4. The predicted molar refractivity (Wildman–Crippen MR) is 86.2 cm³/mol. The van der Waals surface area contributed by atoms with Crippen LogP contribution < -0.4 is 0 Å². The van der Waals surface area contributed by atoms with Gasteiger partial charge in [-0.05, 0) is 36.6 Å². The molecule has 2 aromatic rings. The normalized spacial score (nSPS) is 11.0. The van der Waals surface area contributed by atoms with Crippen molar-refractivity contribution >= 4 is 16.7 Å². The molecule has 0 atom stereocenters. The lowest BCUT2D eigenvalue weighted by atomic mass is 10.0. The highest BCUT2D eigenvalue weighted by Crippen LogP contribution is 2.17. The van der Waals surface area contributed by atoms with Gasteiger partial charge in [0.2, 0.25) is 5.91 Å². The zero-order chi connectivity index (χ0) is 15.2. The summed E-state index contributed by atoms with van der Waals surface area (Å²) in [4.78, 5) is 14.3. The van der Waals surface area contributed by atoms with E-state index in [1.54, 1.807) is 0 Å². The standard InChI is InChI=1S/C18H23NO2/c1-14(2)19(10-5-11-20)18(21)13-15-8-9-16-6-3-4-7-17(16)12-15/h3-4,6-9,12,14,20H,5,10-11,13H2,1-2H3. The zero-order valence-electron chi connectivity index (χ0n) is 12.7. The van der Waals surface area contributed by atoms with E-state index < -0.39 is 0 Å². The van der Waals surface area contributed by atoms with E-state index in [-0.39, 0.29) is 18.6 Å². The smallest absolute Gasteiger partial charge is 0.227 e. The number of fused-ring (bicyclic) bond motifs is 1. The lowest BCUT2D eigenvalue weighted by Crippen LogP contribution is -2.39. The van der Waals surface area contributed by atoms with Crippen LogP contribution in [0.5, 0.6) is 0 Å². The average molecular weight is 285 g/mol. The van der Waals surface area contributed by atoms with Crippen molar-refractivity contribution in [1.29, 1.82) is 0 Å². The number of carbonyl (C=O) groups is 1. The average Bonchev–Trinajstić information content (AvgIpc) is 2.47. The first-order valence-corrected chi connectivity index (χ1v) is 7.50. The molecular formula is C18H23NO2. The molecule has 0 aliphatic heterocycles. The minimum Gasteiger partial charge on any atom is -0.396 e. The third kappa shape index (κ3) is 4.05. The van der Waals surface area contributed by atoms with Crippen molar-refractivity contribution < 1.29 is 9.90 Å². The van der Waals surface area contributed by atoms with Crippen molar-refractivity contribution in [3.8, 4) is 0 Å². The highest BCUT2D eigenvalue weighted by molar-refractivity contribution is 5.85. The summed E-state index contributed by atoms with van der Waals surface area (Å²) in [7, 11) is 0.